The highest BCUT2D eigenvalue weighted by molar-refractivity contribution is 5.85. The van der Waals surface area contributed by atoms with Gasteiger partial charge in [0, 0.05) is 5.41 Å². The van der Waals surface area contributed by atoms with Crippen molar-refractivity contribution in [3.8, 4) is 5.75 Å². The van der Waals surface area contributed by atoms with Crippen molar-refractivity contribution < 1.29 is 9.94 Å². The maximum absolute atomic E-state index is 8.73. The molecule has 0 aromatic heterocycles. The Hall–Kier alpha value is -1.71. The van der Waals surface area contributed by atoms with E-state index in [-0.39, 0.29) is 11.3 Å². The zero-order valence-electron chi connectivity index (χ0n) is 12.4. The topological polar surface area (TPSA) is 67.8 Å². The molecule has 0 spiro atoms. The Morgan fingerprint density at radius 3 is 2.85 bits per heavy atom. The van der Waals surface area contributed by atoms with Gasteiger partial charge in [0.1, 0.15) is 11.6 Å². The maximum Gasteiger partial charge on any atom is 0.144 e. The Balaban J connectivity index is 1.79. The van der Waals surface area contributed by atoms with Crippen LogP contribution in [0.2, 0.25) is 0 Å². The SMILES string of the molecule is CC(C)(CCCOc1ccc2c(c1)CCC2)C(N)=NO. The van der Waals surface area contributed by atoms with Gasteiger partial charge in [-0.1, -0.05) is 25.1 Å². The molecule has 0 atom stereocenters. The van der Waals surface area contributed by atoms with Crippen LogP contribution in [-0.4, -0.2) is 17.6 Å². The Kier molecular flexibility index (Phi) is 4.53. The first-order valence-electron chi connectivity index (χ1n) is 7.25. The molecule has 1 aromatic carbocycles. The number of fused-ring (bicyclic) bond motifs is 1. The number of amidine groups is 1. The summed E-state index contributed by atoms with van der Waals surface area (Å²) in [7, 11) is 0. The number of ether oxygens (including phenoxy) is 1. The first kappa shape index (κ1) is 14.7. The van der Waals surface area contributed by atoms with Gasteiger partial charge in [-0.15, -0.1) is 0 Å². The summed E-state index contributed by atoms with van der Waals surface area (Å²) in [5, 5.41) is 11.8. The highest BCUT2D eigenvalue weighted by Crippen LogP contribution is 2.27. The van der Waals surface area contributed by atoms with E-state index in [4.69, 9.17) is 15.7 Å². The largest absolute Gasteiger partial charge is 0.494 e. The molecular weight excluding hydrogens is 252 g/mol. The van der Waals surface area contributed by atoms with Gasteiger partial charge in [-0.3, -0.25) is 0 Å². The van der Waals surface area contributed by atoms with Crippen LogP contribution in [0, 0.1) is 5.41 Å². The minimum absolute atomic E-state index is 0.273. The fraction of sp³-hybridized carbons (Fsp3) is 0.562. The van der Waals surface area contributed by atoms with Crippen molar-refractivity contribution >= 4 is 5.84 Å². The van der Waals surface area contributed by atoms with Crippen LogP contribution >= 0.6 is 0 Å². The second-order valence-corrected chi connectivity index (χ2v) is 6.11. The molecular formula is C16H24N2O2. The minimum atomic E-state index is -0.296. The van der Waals surface area contributed by atoms with E-state index in [9.17, 15) is 0 Å². The number of aryl methyl sites for hydroxylation is 2. The van der Waals surface area contributed by atoms with Gasteiger partial charge in [-0.05, 0) is 55.4 Å². The third-order valence-electron chi connectivity index (χ3n) is 4.09. The molecule has 1 aliphatic rings. The Morgan fingerprint density at radius 2 is 2.10 bits per heavy atom. The molecule has 0 aliphatic heterocycles. The number of oxime groups is 1. The van der Waals surface area contributed by atoms with Gasteiger partial charge in [0.25, 0.3) is 0 Å². The zero-order chi connectivity index (χ0) is 14.6. The number of nitrogens with zero attached hydrogens (tertiary/aromatic N) is 1. The molecule has 1 aromatic rings. The van der Waals surface area contributed by atoms with Gasteiger partial charge < -0.3 is 15.7 Å². The number of nitrogens with two attached hydrogens (primary N) is 1. The van der Waals surface area contributed by atoms with E-state index in [0.717, 1.165) is 18.6 Å². The number of benzene rings is 1. The summed E-state index contributed by atoms with van der Waals surface area (Å²) in [6.45, 7) is 4.59. The molecule has 3 N–H and O–H groups in total. The van der Waals surface area contributed by atoms with Crippen LogP contribution in [0.3, 0.4) is 0 Å². The van der Waals surface area contributed by atoms with Gasteiger partial charge in [-0.2, -0.15) is 0 Å². The standard InChI is InChI=1S/C16H24N2O2/c1-16(2,15(17)18-19)9-4-10-20-14-8-7-12-5-3-6-13(12)11-14/h7-8,11,19H,3-6,9-10H2,1-2H3,(H2,17,18). The molecule has 0 saturated heterocycles. The van der Waals surface area contributed by atoms with Gasteiger partial charge in [0.15, 0.2) is 0 Å². The van der Waals surface area contributed by atoms with Crippen LogP contribution < -0.4 is 10.5 Å². The first-order chi connectivity index (χ1) is 9.53. The van der Waals surface area contributed by atoms with E-state index in [1.807, 2.05) is 13.8 Å². The van der Waals surface area contributed by atoms with E-state index >= 15 is 0 Å². The van der Waals surface area contributed by atoms with E-state index in [2.05, 4.69) is 23.4 Å². The van der Waals surface area contributed by atoms with Crippen molar-refractivity contribution in [3.05, 3.63) is 29.3 Å². The van der Waals surface area contributed by atoms with Crippen LogP contribution in [0.1, 0.15) is 44.2 Å². The van der Waals surface area contributed by atoms with Crippen LogP contribution in [-0.2, 0) is 12.8 Å². The molecule has 0 saturated carbocycles. The molecule has 2 rings (SSSR count). The predicted octanol–water partition coefficient (Wildman–Crippen LogP) is 3.11. The third-order valence-corrected chi connectivity index (χ3v) is 4.09. The number of rotatable bonds is 6. The molecule has 4 nitrogen and oxygen atoms in total. The average molecular weight is 276 g/mol. The molecule has 0 bridgehead atoms. The number of hydrogen-bond donors (Lipinski definition) is 2. The quantitative estimate of drug-likeness (QED) is 0.276. The monoisotopic (exact) mass is 276 g/mol. The second kappa shape index (κ2) is 6.16. The lowest BCUT2D eigenvalue weighted by Gasteiger charge is -2.22. The molecule has 0 heterocycles. The van der Waals surface area contributed by atoms with Crippen molar-refractivity contribution in [2.24, 2.45) is 16.3 Å². The molecule has 0 unspecified atom stereocenters. The molecule has 0 radical (unpaired) electrons. The van der Waals surface area contributed by atoms with Gasteiger partial charge in [-0.25, -0.2) is 0 Å². The fourth-order valence-corrected chi connectivity index (χ4v) is 2.61. The highest BCUT2D eigenvalue weighted by atomic mass is 16.5. The molecule has 4 heteroatoms. The van der Waals surface area contributed by atoms with Crippen molar-refractivity contribution in [2.75, 3.05) is 6.61 Å². The molecule has 20 heavy (non-hydrogen) atoms. The van der Waals surface area contributed by atoms with Crippen LogP contribution in [0.25, 0.3) is 0 Å². The van der Waals surface area contributed by atoms with Crippen LogP contribution in [0.15, 0.2) is 23.4 Å². The summed E-state index contributed by atoms with van der Waals surface area (Å²) in [6.07, 6.45) is 5.33. The maximum atomic E-state index is 8.73. The molecule has 0 amide bonds. The zero-order valence-corrected chi connectivity index (χ0v) is 12.4. The Morgan fingerprint density at radius 1 is 1.35 bits per heavy atom. The van der Waals surface area contributed by atoms with Crippen molar-refractivity contribution in [1.29, 1.82) is 0 Å². The summed E-state index contributed by atoms with van der Waals surface area (Å²) in [5.74, 6) is 1.22. The molecule has 1 aliphatic carbocycles. The summed E-state index contributed by atoms with van der Waals surface area (Å²) in [4.78, 5) is 0. The van der Waals surface area contributed by atoms with Gasteiger partial charge >= 0.3 is 0 Å². The smallest absolute Gasteiger partial charge is 0.144 e. The van der Waals surface area contributed by atoms with Gasteiger partial charge in [0.2, 0.25) is 0 Å². The third kappa shape index (κ3) is 3.44. The van der Waals surface area contributed by atoms with Crippen LogP contribution in [0.4, 0.5) is 0 Å². The summed E-state index contributed by atoms with van der Waals surface area (Å²) < 4.78 is 5.80. The van der Waals surface area contributed by atoms with Crippen molar-refractivity contribution in [2.45, 2.75) is 46.0 Å². The second-order valence-electron chi connectivity index (χ2n) is 6.11. The van der Waals surface area contributed by atoms with Crippen LogP contribution in [0.5, 0.6) is 5.75 Å². The van der Waals surface area contributed by atoms with Crippen molar-refractivity contribution in [3.63, 3.8) is 0 Å². The normalized spacial score (nSPS) is 15.2. The van der Waals surface area contributed by atoms with Gasteiger partial charge in [0.05, 0.1) is 6.61 Å². The Labute approximate surface area is 120 Å². The summed E-state index contributed by atoms with van der Waals surface area (Å²) in [5.41, 5.74) is 8.26. The van der Waals surface area contributed by atoms with E-state index in [1.54, 1.807) is 0 Å². The highest BCUT2D eigenvalue weighted by Gasteiger charge is 2.23. The number of hydrogen-bond acceptors (Lipinski definition) is 3. The molecule has 110 valence electrons. The summed E-state index contributed by atoms with van der Waals surface area (Å²) >= 11 is 0. The lowest BCUT2D eigenvalue weighted by Crippen LogP contribution is -2.32. The van der Waals surface area contributed by atoms with E-state index in [1.165, 1.54) is 30.4 Å². The minimum Gasteiger partial charge on any atom is -0.494 e. The molecule has 0 fully saturated rings. The van der Waals surface area contributed by atoms with Crippen molar-refractivity contribution in [1.82, 2.24) is 0 Å². The fourth-order valence-electron chi connectivity index (χ4n) is 2.61. The van der Waals surface area contributed by atoms with E-state index in [0.29, 0.717) is 6.61 Å². The first-order valence-corrected chi connectivity index (χ1v) is 7.25. The van der Waals surface area contributed by atoms with E-state index < -0.39 is 0 Å². The Bertz CT molecular complexity index is 495. The lowest BCUT2D eigenvalue weighted by molar-refractivity contribution is 0.277. The predicted molar refractivity (Wildman–Crippen MR) is 80.4 cm³/mol. The average Bonchev–Trinajstić information content (AvgIpc) is 2.90. The lowest BCUT2D eigenvalue weighted by atomic mass is 9.87. The summed E-state index contributed by atoms with van der Waals surface area (Å²) in [6, 6.07) is 6.40.